The fourth-order valence-electron chi connectivity index (χ4n) is 2.46. The molecule has 0 saturated carbocycles. The fourth-order valence-corrected chi connectivity index (χ4v) is 2.84. The summed E-state index contributed by atoms with van der Waals surface area (Å²) in [6.45, 7) is 0.803. The summed E-state index contributed by atoms with van der Waals surface area (Å²) < 4.78 is 3.14. The second kappa shape index (κ2) is 3.35. The lowest BCUT2D eigenvalue weighted by atomic mass is 10.1. The van der Waals surface area contributed by atoms with E-state index < -0.39 is 5.97 Å². The number of aromatic nitrogens is 1. The smallest absolute Gasteiger partial charge is 0.312 e. The van der Waals surface area contributed by atoms with Gasteiger partial charge in [-0.15, -0.1) is 0 Å². The van der Waals surface area contributed by atoms with E-state index >= 15 is 0 Å². The molecule has 0 radical (unpaired) electrons. The van der Waals surface area contributed by atoms with E-state index in [-0.39, 0.29) is 5.92 Å². The van der Waals surface area contributed by atoms with Crippen molar-refractivity contribution in [1.82, 2.24) is 4.57 Å². The van der Waals surface area contributed by atoms with Gasteiger partial charge in [0.05, 0.1) is 5.92 Å². The quantitative estimate of drug-likeness (QED) is 0.872. The lowest BCUT2D eigenvalue weighted by molar-refractivity contribution is -0.138. The van der Waals surface area contributed by atoms with Gasteiger partial charge in [0, 0.05) is 27.6 Å². The molecule has 1 aliphatic heterocycles. The first kappa shape index (κ1) is 9.90. The van der Waals surface area contributed by atoms with Gasteiger partial charge in [0.25, 0.3) is 0 Å². The number of aryl methyl sites for hydroxylation is 1. The zero-order valence-electron chi connectivity index (χ0n) is 8.48. The van der Waals surface area contributed by atoms with E-state index in [0.717, 1.165) is 27.6 Å². The van der Waals surface area contributed by atoms with Gasteiger partial charge in [-0.05, 0) is 30.7 Å². The van der Waals surface area contributed by atoms with Crippen LogP contribution in [-0.2, 0) is 11.3 Å². The Morgan fingerprint density at radius 1 is 1.44 bits per heavy atom. The number of carbonyl (C=O) groups is 1. The molecule has 1 aromatic carbocycles. The molecule has 4 heteroatoms. The standard InChI is InChI=1S/C12H10BrNO2/c13-8-1-2-10-7(5-8)6-11-9(12(15)16)3-4-14(10)11/h1-2,5-6,9H,3-4H2,(H,15,16). The van der Waals surface area contributed by atoms with Crippen LogP contribution in [0.1, 0.15) is 18.0 Å². The Bertz CT molecular complexity index is 588. The highest BCUT2D eigenvalue weighted by molar-refractivity contribution is 9.10. The average Bonchev–Trinajstić information content (AvgIpc) is 2.74. The van der Waals surface area contributed by atoms with Crippen molar-refractivity contribution in [3.8, 4) is 0 Å². The molecular formula is C12H10BrNO2. The number of benzene rings is 1. The van der Waals surface area contributed by atoms with Crippen LogP contribution in [0, 0.1) is 0 Å². The first-order valence-corrected chi connectivity index (χ1v) is 5.97. The van der Waals surface area contributed by atoms with Crippen molar-refractivity contribution in [2.45, 2.75) is 18.9 Å². The lowest BCUT2D eigenvalue weighted by Crippen LogP contribution is -2.07. The number of nitrogens with zero attached hydrogens (tertiary/aromatic N) is 1. The zero-order valence-corrected chi connectivity index (χ0v) is 10.1. The second-order valence-electron chi connectivity index (χ2n) is 4.10. The Kier molecular flexibility index (Phi) is 2.07. The maximum absolute atomic E-state index is 11.1. The monoisotopic (exact) mass is 279 g/mol. The maximum Gasteiger partial charge on any atom is 0.312 e. The first-order valence-electron chi connectivity index (χ1n) is 5.18. The van der Waals surface area contributed by atoms with E-state index in [0.29, 0.717) is 6.42 Å². The van der Waals surface area contributed by atoms with Gasteiger partial charge in [0.15, 0.2) is 0 Å². The Hall–Kier alpha value is -1.29. The predicted octanol–water partition coefficient (Wildman–Crippen LogP) is 2.98. The van der Waals surface area contributed by atoms with Gasteiger partial charge in [-0.3, -0.25) is 4.79 Å². The van der Waals surface area contributed by atoms with Crippen molar-refractivity contribution in [2.24, 2.45) is 0 Å². The SMILES string of the molecule is O=C(O)C1CCn2c1cc1cc(Br)ccc12. The van der Waals surface area contributed by atoms with Gasteiger partial charge in [-0.1, -0.05) is 15.9 Å². The summed E-state index contributed by atoms with van der Waals surface area (Å²) in [5.74, 6) is -1.06. The van der Waals surface area contributed by atoms with E-state index in [1.54, 1.807) is 0 Å². The fraction of sp³-hybridized carbons (Fsp3) is 0.250. The molecule has 3 rings (SSSR count). The van der Waals surface area contributed by atoms with Crippen LogP contribution in [0.3, 0.4) is 0 Å². The summed E-state index contributed by atoms with van der Waals surface area (Å²) in [6.07, 6.45) is 0.705. The van der Waals surface area contributed by atoms with Crippen LogP contribution in [0.25, 0.3) is 10.9 Å². The molecule has 2 aromatic rings. The number of fused-ring (bicyclic) bond motifs is 3. The minimum Gasteiger partial charge on any atom is -0.481 e. The molecule has 0 aliphatic carbocycles. The van der Waals surface area contributed by atoms with Crippen LogP contribution < -0.4 is 0 Å². The third kappa shape index (κ3) is 1.29. The van der Waals surface area contributed by atoms with Crippen molar-refractivity contribution in [3.05, 3.63) is 34.4 Å². The number of rotatable bonds is 1. The molecule has 16 heavy (non-hydrogen) atoms. The van der Waals surface area contributed by atoms with Gasteiger partial charge in [0.2, 0.25) is 0 Å². The van der Waals surface area contributed by atoms with E-state index in [1.807, 2.05) is 24.3 Å². The van der Waals surface area contributed by atoms with E-state index in [2.05, 4.69) is 20.5 Å². The van der Waals surface area contributed by atoms with Gasteiger partial charge < -0.3 is 9.67 Å². The third-order valence-corrected chi connectivity index (χ3v) is 3.69. The second-order valence-corrected chi connectivity index (χ2v) is 5.02. The van der Waals surface area contributed by atoms with Crippen LogP contribution >= 0.6 is 15.9 Å². The number of carboxylic acids is 1. The van der Waals surface area contributed by atoms with E-state index in [4.69, 9.17) is 5.11 Å². The highest BCUT2D eigenvalue weighted by Gasteiger charge is 2.29. The topological polar surface area (TPSA) is 42.2 Å². The van der Waals surface area contributed by atoms with Crippen LogP contribution in [-0.4, -0.2) is 15.6 Å². The number of hydrogen-bond donors (Lipinski definition) is 1. The van der Waals surface area contributed by atoms with E-state index in [9.17, 15) is 4.79 Å². The van der Waals surface area contributed by atoms with Crippen molar-refractivity contribution in [1.29, 1.82) is 0 Å². The van der Waals surface area contributed by atoms with Crippen LogP contribution in [0.15, 0.2) is 28.7 Å². The average molecular weight is 280 g/mol. The number of hydrogen-bond acceptors (Lipinski definition) is 1. The molecule has 0 spiro atoms. The normalized spacial score (nSPS) is 18.9. The molecule has 0 amide bonds. The largest absolute Gasteiger partial charge is 0.481 e. The molecule has 1 aromatic heterocycles. The summed E-state index contributed by atoms with van der Waals surface area (Å²) in [5.41, 5.74) is 2.06. The van der Waals surface area contributed by atoms with Gasteiger partial charge >= 0.3 is 5.97 Å². The molecule has 2 heterocycles. The number of aliphatic carboxylic acids is 1. The molecular weight excluding hydrogens is 270 g/mol. The highest BCUT2D eigenvalue weighted by atomic mass is 79.9. The van der Waals surface area contributed by atoms with Gasteiger partial charge in [0.1, 0.15) is 0 Å². The highest BCUT2D eigenvalue weighted by Crippen LogP contribution is 2.35. The minimum atomic E-state index is -0.722. The minimum absolute atomic E-state index is 0.342. The van der Waals surface area contributed by atoms with Crippen LogP contribution in [0.5, 0.6) is 0 Å². The lowest BCUT2D eigenvalue weighted by Gasteiger charge is -2.00. The molecule has 0 saturated heterocycles. The zero-order chi connectivity index (χ0) is 11.3. The molecule has 1 N–H and O–H groups in total. The Morgan fingerprint density at radius 3 is 3.00 bits per heavy atom. The molecule has 0 fully saturated rings. The van der Waals surface area contributed by atoms with Crippen molar-refractivity contribution in [2.75, 3.05) is 0 Å². The maximum atomic E-state index is 11.1. The molecule has 3 nitrogen and oxygen atoms in total. The molecule has 0 bridgehead atoms. The number of carboxylic acid groups (broad SMARTS) is 1. The molecule has 82 valence electrons. The van der Waals surface area contributed by atoms with Crippen molar-refractivity contribution >= 4 is 32.8 Å². The van der Waals surface area contributed by atoms with Crippen LogP contribution in [0.4, 0.5) is 0 Å². The van der Waals surface area contributed by atoms with E-state index in [1.165, 1.54) is 0 Å². The van der Waals surface area contributed by atoms with Crippen LogP contribution in [0.2, 0.25) is 0 Å². The summed E-state index contributed by atoms with van der Waals surface area (Å²) in [7, 11) is 0. The summed E-state index contributed by atoms with van der Waals surface area (Å²) >= 11 is 3.42. The summed E-state index contributed by atoms with van der Waals surface area (Å²) in [5, 5.41) is 10.2. The first-order chi connectivity index (χ1) is 7.66. The number of halogens is 1. The molecule has 1 aliphatic rings. The molecule has 1 unspecified atom stereocenters. The van der Waals surface area contributed by atoms with Crippen molar-refractivity contribution < 1.29 is 9.90 Å². The Balaban J connectivity index is 2.24. The third-order valence-electron chi connectivity index (χ3n) is 3.19. The summed E-state index contributed by atoms with van der Waals surface area (Å²) in [6, 6.07) is 8.04. The summed E-state index contributed by atoms with van der Waals surface area (Å²) in [4.78, 5) is 11.1. The Morgan fingerprint density at radius 2 is 2.25 bits per heavy atom. The molecule has 1 atom stereocenters. The van der Waals surface area contributed by atoms with Crippen molar-refractivity contribution in [3.63, 3.8) is 0 Å². The Labute approximate surface area is 101 Å². The van der Waals surface area contributed by atoms with Gasteiger partial charge in [-0.25, -0.2) is 0 Å². The van der Waals surface area contributed by atoms with Gasteiger partial charge in [-0.2, -0.15) is 0 Å². The predicted molar refractivity (Wildman–Crippen MR) is 64.6 cm³/mol.